The summed E-state index contributed by atoms with van der Waals surface area (Å²) in [5.41, 5.74) is 1.64. The first kappa shape index (κ1) is 20.5. The fraction of sp³-hybridized carbons (Fsp3) is 0.458. The number of ether oxygens (including phenoxy) is 3. The minimum Gasteiger partial charge on any atom is -0.497 e. The molecule has 0 radical (unpaired) electrons. The van der Waals surface area contributed by atoms with Crippen LogP contribution >= 0.6 is 0 Å². The monoisotopic (exact) mass is 411 g/mol. The van der Waals surface area contributed by atoms with Gasteiger partial charge in [-0.1, -0.05) is 18.2 Å². The number of aliphatic hydroxyl groups is 1. The normalized spacial score (nSPS) is 21.2. The van der Waals surface area contributed by atoms with E-state index in [4.69, 9.17) is 14.2 Å². The molecule has 6 heteroatoms. The highest BCUT2D eigenvalue weighted by molar-refractivity contribution is 5.77. The molecule has 30 heavy (non-hydrogen) atoms. The van der Waals surface area contributed by atoms with Crippen molar-refractivity contribution in [3.63, 3.8) is 0 Å². The van der Waals surface area contributed by atoms with Crippen LogP contribution in [0.5, 0.6) is 17.2 Å². The number of aryl methyl sites for hydroxylation is 1. The fourth-order valence-electron chi connectivity index (χ4n) is 4.39. The van der Waals surface area contributed by atoms with Gasteiger partial charge in [0.15, 0.2) is 18.1 Å². The number of fused-ring (bicyclic) bond motifs is 2. The van der Waals surface area contributed by atoms with Crippen LogP contribution in [0.25, 0.3) is 0 Å². The first-order valence-corrected chi connectivity index (χ1v) is 10.4. The van der Waals surface area contributed by atoms with E-state index in [0.717, 1.165) is 41.7 Å². The minimum atomic E-state index is -1.09. The lowest BCUT2D eigenvalue weighted by Gasteiger charge is -2.34. The summed E-state index contributed by atoms with van der Waals surface area (Å²) in [6, 6.07) is 11.4. The molecule has 2 aromatic rings. The second kappa shape index (κ2) is 7.84. The molecule has 4 rings (SSSR count). The molecule has 2 N–H and O–H groups in total. The summed E-state index contributed by atoms with van der Waals surface area (Å²) in [4.78, 5) is 12.4. The lowest BCUT2D eigenvalue weighted by atomic mass is 9.79. The number of carbonyl (C=O) groups is 1. The number of benzene rings is 2. The second-order valence-corrected chi connectivity index (χ2v) is 8.76. The Labute approximate surface area is 177 Å². The van der Waals surface area contributed by atoms with Crippen molar-refractivity contribution in [3.8, 4) is 17.2 Å². The third kappa shape index (κ3) is 4.10. The molecule has 6 nitrogen and oxygen atoms in total. The third-order valence-corrected chi connectivity index (χ3v) is 5.84. The summed E-state index contributed by atoms with van der Waals surface area (Å²) >= 11 is 0. The first-order chi connectivity index (χ1) is 14.3. The quantitative estimate of drug-likeness (QED) is 0.764. The van der Waals surface area contributed by atoms with E-state index in [2.05, 4.69) is 5.32 Å². The molecular weight excluding hydrogens is 382 g/mol. The summed E-state index contributed by atoms with van der Waals surface area (Å²) in [5, 5.41) is 14.0. The summed E-state index contributed by atoms with van der Waals surface area (Å²) in [7, 11) is 1.63. The zero-order valence-electron chi connectivity index (χ0n) is 17.8. The molecule has 0 saturated carbocycles. The maximum Gasteiger partial charge on any atom is 0.258 e. The largest absolute Gasteiger partial charge is 0.497 e. The lowest BCUT2D eigenvalue weighted by Crippen LogP contribution is -2.44. The van der Waals surface area contributed by atoms with Gasteiger partial charge in [0.05, 0.1) is 13.7 Å². The lowest BCUT2D eigenvalue weighted by molar-refractivity contribution is -0.124. The van der Waals surface area contributed by atoms with E-state index in [-0.39, 0.29) is 24.7 Å². The Morgan fingerprint density at radius 3 is 2.87 bits per heavy atom. The summed E-state index contributed by atoms with van der Waals surface area (Å²) < 4.78 is 17.0. The molecule has 0 fully saturated rings. The highest BCUT2D eigenvalue weighted by Crippen LogP contribution is 2.41. The predicted octanol–water partition coefficient (Wildman–Crippen LogP) is 3.13. The number of nitrogens with one attached hydrogen (secondary N) is 1. The Hall–Kier alpha value is -2.73. The third-order valence-electron chi connectivity index (χ3n) is 5.84. The van der Waals surface area contributed by atoms with Gasteiger partial charge < -0.3 is 24.6 Å². The summed E-state index contributed by atoms with van der Waals surface area (Å²) in [6.45, 7) is 4.07. The average molecular weight is 411 g/mol. The zero-order valence-corrected chi connectivity index (χ0v) is 17.8. The molecule has 1 aliphatic carbocycles. The van der Waals surface area contributed by atoms with Crippen molar-refractivity contribution in [2.45, 2.75) is 50.7 Å². The number of amides is 1. The standard InChI is InChI=1S/C24H29NO5/c1-23(2)13-17-6-4-8-20(22(17)30-23)29-14-21(26)25-15-24(27)11-5-7-16-12-18(28-3)9-10-19(16)24/h4,6,8-10,12,27H,5,7,11,13-15H2,1-3H3,(H,25,26). The number of hydrogen-bond donors (Lipinski definition) is 2. The van der Waals surface area contributed by atoms with E-state index in [1.807, 2.05) is 50.2 Å². The van der Waals surface area contributed by atoms with E-state index in [0.29, 0.717) is 17.9 Å². The van der Waals surface area contributed by atoms with Crippen LogP contribution in [0.1, 0.15) is 43.4 Å². The van der Waals surface area contributed by atoms with Gasteiger partial charge in [0.1, 0.15) is 17.0 Å². The highest BCUT2D eigenvalue weighted by Gasteiger charge is 2.35. The van der Waals surface area contributed by atoms with Gasteiger partial charge in [0.25, 0.3) is 5.91 Å². The molecular formula is C24H29NO5. The molecule has 2 aromatic carbocycles. The van der Waals surface area contributed by atoms with Crippen LogP contribution in [-0.4, -0.2) is 36.9 Å². The maximum atomic E-state index is 12.4. The van der Waals surface area contributed by atoms with E-state index in [9.17, 15) is 9.90 Å². The van der Waals surface area contributed by atoms with Gasteiger partial charge in [-0.25, -0.2) is 0 Å². The van der Waals surface area contributed by atoms with E-state index in [1.165, 1.54) is 0 Å². The topological polar surface area (TPSA) is 77.0 Å². The van der Waals surface area contributed by atoms with Crippen LogP contribution in [0.15, 0.2) is 36.4 Å². The van der Waals surface area contributed by atoms with E-state index in [1.54, 1.807) is 7.11 Å². The van der Waals surface area contributed by atoms with Crippen molar-refractivity contribution in [1.82, 2.24) is 5.32 Å². The molecule has 1 atom stereocenters. The van der Waals surface area contributed by atoms with Crippen LogP contribution in [0, 0.1) is 0 Å². The minimum absolute atomic E-state index is 0.133. The van der Waals surface area contributed by atoms with Crippen LogP contribution in [0.3, 0.4) is 0 Å². The number of para-hydroxylation sites is 1. The number of rotatable bonds is 6. The fourth-order valence-corrected chi connectivity index (χ4v) is 4.39. The number of methoxy groups -OCH3 is 1. The molecule has 1 unspecified atom stereocenters. The van der Waals surface area contributed by atoms with E-state index < -0.39 is 5.60 Å². The molecule has 160 valence electrons. The summed E-state index contributed by atoms with van der Waals surface area (Å²) in [6.07, 6.45) is 3.15. The molecule has 1 heterocycles. The van der Waals surface area contributed by atoms with Gasteiger partial charge in [0.2, 0.25) is 0 Å². The second-order valence-electron chi connectivity index (χ2n) is 8.76. The average Bonchev–Trinajstić information content (AvgIpc) is 3.05. The molecule has 0 saturated heterocycles. The van der Waals surface area contributed by atoms with Crippen LogP contribution in [0.4, 0.5) is 0 Å². The molecule has 0 spiro atoms. The van der Waals surface area contributed by atoms with Crippen LogP contribution < -0.4 is 19.5 Å². The number of carbonyl (C=O) groups excluding carboxylic acids is 1. The predicted molar refractivity (Wildman–Crippen MR) is 113 cm³/mol. The molecule has 1 amide bonds. The molecule has 1 aliphatic heterocycles. The number of hydrogen-bond acceptors (Lipinski definition) is 5. The Morgan fingerprint density at radius 2 is 2.07 bits per heavy atom. The van der Waals surface area contributed by atoms with Gasteiger partial charge in [-0.2, -0.15) is 0 Å². The van der Waals surface area contributed by atoms with Crippen molar-refractivity contribution in [2.75, 3.05) is 20.3 Å². The van der Waals surface area contributed by atoms with Gasteiger partial charge in [0, 0.05) is 12.0 Å². The Morgan fingerprint density at radius 1 is 1.23 bits per heavy atom. The molecule has 2 aliphatic rings. The SMILES string of the molecule is COc1ccc2c(c1)CCCC2(O)CNC(=O)COc1cccc2c1OC(C)(C)C2. The van der Waals surface area contributed by atoms with Gasteiger partial charge in [-0.05, 0) is 62.4 Å². The summed E-state index contributed by atoms with van der Waals surface area (Å²) in [5.74, 6) is 1.78. The molecule has 0 aromatic heterocycles. The Bertz CT molecular complexity index is 955. The first-order valence-electron chi connectivity index (χ1n) is 10.4. The van der Waals surface area contributed by atoms with Crippen molar-refractivity contribution in [2.24, 2.45) is 0 Å². The van der Waals surface area contributed by atoms with Crippen LogP contribution in [0.2, 0.25) is 0 Å². The van der Waals surface area contributed by atoms with Crippen molar-refractivity contribution in [3.05, 3.63) is 53.1 Å². The Balaban J connectivity index is 1.37. The van der Waals surface area contributed by atoms with Gasteiger partial charge in [-0.15, -0.1) is 0 Å². The smallest absolute Gasteiger partial charge is 0.258 e. The zero-order chi connectivity index (χ0) is 21.4. The maximum absolute atomic E-state index is 12.4. The van der Waals surface area contributed by atoms with Gasteiger partial charge in [-0.3, -0.25) is 4.79 Å². The van der Waals surface area contributed by atoms with E-state index >= 15 is 0 Å². The molecule has 0 bridgehead atoms. The Kier molecular flexibility index (Phi) is 5.36. The highest BCUT2D eigenvalue weighted by atomic mass is 16.5. The van der Waals surface area contributed by atoms with Crippen molar-refractivity contribution >= 4 is 5.91 Å². The van der Waals surface area contributed by atoms with Crippen LogP contribution in [-0.2, 0) is 23.2 Å². The van der Waals surface area contributed by atoms with Crippen molar-refractivity contribution in [1.29, 1.82) is 0 Å². The van der Waals surface area contributed by atoms with Crippen molar-refractivity contribution < 1.29 is 24.1 Å². The van der Waals surface area contributed by atoms with Gasteiger partial charge >= 0.3 is 0 Å².